The van der Waals surface area contributed by atoms with Crippen LogP contribution in [0.25, 0.3) is 0 Å². The monoisotopic (exact) mass is 289 g/mol. The van der Waals surface area contributed by atoms with Crippen LogP contribution in [0.1, 0.15) is 44.7 Å². The van der Waals surface area contributed by atoms with Crippen molar-refractivity contribution in [3.05, 3.63) is 30.1 Å². The molecule has 1 fully saturated rings. The number of hydrogen-bond acceptors (Lipinski definition) is 3. The molecule has 0 aliphatic heterocycles. The number of pyridine rings is 1. The molecule has 114 valence electrons. The third-order valence-corrected chi connectivity index (χ3v) is 3.94. The average Bonchev–Trinajstić information content (AvgIpc) is 3.00. The highest BCUT2D eigenvalue weighted by atomic mass is 16.2. The standard InChI is InChI=1S/C16H23N3O2/c1-13(20)19(15-7-2-3-8-15)11-9-16(21)18-12-14-6-4-5-10-17-14/h4-6,10,15H,2-3,7-9,11-12H2,1H3,(H,18,21). The van der Waals surface area contributed by atoms with Gasteiger partial charge in [0.05, 0.1) is 12.2 Å². The Balaban J connectivity index is 1.75. The van der Waals surface area contributed by atoms with Gasteiger partial charge in [0.15, 0.2) is 0 Å². The van der Waals surface area contributed by atoms with Gasteiger partial charge in [0.1, 0.15) is 0 Å². The van der Waals surface area contributed by atoms with Gasteiger partial charge in [-0.1, -0.05) is 18.9 Å². The van der Waals surface area contributed by atoms with E-state index in [1.165, 1.54) is 12.8 Å². The Kier molecular flexibility index (Phi) is 5.72. The van der Waals surface area contributed by atoms with Crippen molar-refractivity contribution in [2.75, 3.05) is 6.54 Å². The highest BCUT2D eigenvalue weighted by Crippen LogP contribution is 2.23. The van der Waals surface area contributed by atoms with Gasteiger partial charge < -0.3 is 10.2 Å². The lowest BCUT2D eigenvalue weighted by molar-refractivity contribution is -0.131. The van der Waals surface area contributed by atoms with E-state index in [0.717, 1.165) is 18.5 Å². The largest absolute Gasteiger partial charge is 0.350 e. The molecule has 0 aromatic carbocycles. The van der Waals surface area contributed by atoms with Crippen LogP contribution in [0.15, 0.2) is 24.4 Å². The second-order valence-electron chi connectivity index (χ2n) is 5.50. The summed E-state index contributed by atoms with van der Waals surface area (Å²) in [7, 11) is 0. The fraction of sp³-hybridized carbons (Fsp3) is 0.562. The van der Waals surface area contributed by atoms with Gasteiger partial charge in [-0.3, -0.25) is 14.6 Å². The van der Waals surface area contributed by atoms with Crippen LogP contribution in [0.2, 0.25) is 0 Å². The summed E-state index contributed by atoms with van der Waals surface area (Å²) in [5, 5.41) is 2.84. The molecule has 1 aliphatic rings. The van der Waals surface area contributed by atoms with E-state index in [0.29, 0.717) is 25.6 Å². The molecule has 1 N–H and O–H groups in total. The minimum Gasteiger partial charge on any atom is -0.350 e. The summed E-state index contributed by atoms with van der Waals surface area (Å²) >= 11 is 0. The van der Waals surface area contributed by atoms with E-state index in [9.17, 15) is 9.59 Å². The molecule has 0 unspecified atom stereocenters. The molecule has 21 heavy (non-hydrogen) atoms. The zero-order chi connectivity index (χ0) is 15.1. The van der Waals surface area contributed by atoms with Crippen LogP contribution in [0.3, 0.4) is 0 Å². The van der Waals surface area contributed by atoms with Gasteiger partial charge in [0.25, 0.3) is 0 Å². The molecule has 0 atom stereocenters. The van der Waals surface area contributed by atoms with Gasteiger partial charge in [0, 0.05) is 32.1 Å². The summed E-state index contributed by atoms with van der Waals surface area (Å²) in [6, 6.07) is 5.94. The SMILES string of the molecule is CC(=O)N(CCC(=O)NCc1ccccn1)C1CCCC1. The van der Waals surface area contributed by atoms with Crippen LogP contribution in [0, 0.1) is 0 Å². The smallest absolute Gasteiger partial charge is 0.222 e. The van der Waals surface area contributed by atoms with Gasteiger partial charge in [-0.15, -0.1) is 0 Å². The molecule has 2 amide bonds. The minimum absolute atomic E-state index is 0.0371. The van der Waals surface area contributed by atoms with Crippen molar-refractivity contribution in [1.29, 1.82) is 0 Å². The van der Waals surface area contributed by atoms with E-state index in [1.54, 1.807) is 13.1 Å². The van der Waals surface area contributed by atoms with Gasteiger partial charge in [-0.05, 0) is 25.0 Å². The van der Waals surface area contributed by atoms with Crippen LogP contribution in [0.5, 0.6) is 0 Å². The van der Waals surface area contributed by atoms with Gasteiger partial charge in [0.2, 0.25) is 11.8 Å². The van der Waals surface area contributed by atoms with Gasteiger partial charge in [-0.2, -0.15) is 0 Å². The fourth-order valence-corrected chi connectivity index (χ4v) is 2.82. The second kappa shape index (κ2) is 7.76. The highest BCUT2D eigenvalue weighted by Gasteiger charge is 2.24. The van der Waals surface area contributed by atoms with Gasteiger partial charge >= 0.3 is 0 Å². The van der Waals surface area contributed by atoms with Crippen LogP contribution < -0.4 is 5.32 Å². The van der Waals surface area contributed by atoms with E-state index in [1.807, 2.05) is 23.1 Å². The number of hydrogen-bond donors (Lipinski definition) is 1. The molecule has 1 aromatic rings. The number of nitrogens with one attached hydrogen (secondary N) is 1. The predicted octanol–water partition coefficient (Wildman–Crippen LogP) is 1.88. The fourth-order valence-electron chi connectivity index (χ4n) is 2.82. The van der Waals surface area contributed by atoms with Crippen LogP contribution in [-0.4, -0.2) is 34.3 Å². The Morgan fingerprint density at radius 3 is 2.71 bits per heavy atom. The summed E-state index contributed by atoms with van der Waals surface area (Å²) in [6.07, 6.45) is 6.55. The first-order valence-electron chi connectivity index (χ1n) is 7.60. The first kappa shape index (κ1) is 15.5. The summed E-state index contributed by atoms with van der Waals surface area (Å²) in [5.41, 5.74) is 0.838. The molecule has 0 spiro atoms. The summed E-state index contributed by atoms with van der Waals surface area (Å²) in [6.45, 7) is 2.53. The maximum Gasteiger partial charge on any atom is 0.222 e. The summed E-state index contributed by atoms with van der Waals surface area (Å²) < 4.78 is 0. The molecule has 0 radical (unpaired) electrons. The number of nitrogens with zero attached hydrogens (tertiary/aromatic N) is 2. The number of aromatic nitrogens is 1. The topological polar surface area (TPSA) is 62.3 Å². The molecule has 1 heterocycles. The zero-order valence-electron chi connectivity index (χ0n) is 12.5. The normalized spacial score (nSPS) is 14.9. The number of rotatable bonds is 6. The second-order valence-corrected chi connectivity index (χ2v) is 5.50. The maximum absolute atomic E-state index is 11.9. The van der Waals surface area contributed by atoms with E-state index < -0.39 is 0 Å². The molecule has 1 aliphatic carbocycles. The molecule has 5 heteroatoms. The first-order valence-corrected chi connectivity index (χ1v) is 7.60. The molecule has 0 bridgehead atoms. The zero-order valence-corrected chi connectivity index (χ0v) is 12.5. The Morgan fingerprint density at radius 2 is 2.10 bits per heavy atom. The Morgan fingerprint density at radius 1 is 1.33 bits per heavy atom. The molecule has 2 rings (SSSR count). The van der Waals surface area contributed by atoms with Gasteiger partial charge in [-0.25, -0.2) is 0 Å². The Labute approximate surface area is 125 Å². The summed E-state index contributed by atoms with van der Waals surface area (Å²) in [4.78, 5) is 29.6. The average molecular weight is 289 g/mol. The first-order chi connectivity index (χ1) is 10.2. The third kappa shape index (κ3) is 4.85. The lowest BCUT2D eigenvalue weighted by Crippen LogP contribution is -2.40. The van der Waals surface area contributed by atoms with E-state index in [2.05, 4.69) is 10.3 Å². The lowest BCUT2D eigenvalue weighted by atomic mass is 10.2. The lowest BCUT2D eigenvalue weighted by Gasteiger charge is -2.27. The minimum atomic E-state index is -0.0371. The van der Waals surface area contributed by atoms with Crippen LogP contribution in [0.4, 0.5) is 0 Å². The number of amides is 2. The maximum atomic E-state index is 11.9. The van der Waals surface area contributed by atoms with E-state index in [4.69, 9.17) is 0 Å². The van der Waals surface area contributed by atoms with E-state index in [-0.39, 0.29) is 11.8 Å². The molecule has 5 nitrogen and oxygen atoms in total. The van der Waals surface area contributed by atoms with Crippen molar-refractivity contribution >= 4 is 11.8 Å². The van der Waals surface area contributed by atoms with Crippen molar-refractivity contribution in [2.45, 2.75) is 51.6 Å². The van der Waals surface area contributed by atoms with E-state index >= 15 is 0 Å². The Bertz CT molecular complexity index is 470. The van der Waals surface area contributed by atoms with Crippen molar-refractivity contribution in [3.63, 3.8) is 0 Å². The van der Waals surface area contributed by atoms with Crippen molar-refractivity contribution in [3.8, 4) is 0 Å². The highest BCUT2D eigenvalue weighted by molar-refractivity contribution is 5.78. The molecule has 0 saturated heterocycles. The quantitative estimate of drug-likeness (QED) is 0.869. The summed E-state index contributed by atoms with van der Waals surface area (Å²) in [5.74, 6) is 0.0318. The predicted molar refractivity (Wildman–Crippen MR) is 80.3 cm³/mol. The number of carbonyl (C=O) groups is 2. The van der Waals surface area contributed by atoms with Crippen LogP contribution >= 0.6 is 0 Å². The molecule has 1 aromatic heterocycles. The number of carbonyl (C=O) groups excluding carboxylic acids is 2. The molecule has 1 saturated carbocycles. The van der Waals surface area contributed by atoms with Crippen LogP contribution in [-0.2, 0) is 16.1 Å². The molecular formula is C16H23N3O2. The van der Waals surface area contributed by atoms with Crippen molar-refractivity contribution < 1.29 is 9.59 Å². The molecular weight excluding hydrogens is 266 g/mol. The van der Waals surface area contributed by atoms with Crippen molar-refractivity contribution in [2.24, 2.45) is 0 Å². The van der Waals surface area contributed by atoms with Crippen molar-refractivity contribution in [1.82, 2.24) is 15.2 Å². The third-order valence-electron chi connectivity index (χ3n) is 3.94. The Hall–Kier alpha value is -1.91.